The largest absolute Gasteiger partial charge is 0.390 e. The number of aliphatic hydroxyl groups excluding tert-OH is 1. The molecule has 0 aliphatic carbocycles. The van der Waals surface area contributed by atoms with Crippen LogP contribution in [-0.4, -0.2) is 48.7 Å². The fraction of sp³-hybridized carbons (Fsp3) is 0.538. The molecule has 2 N–H and O–H groups in total. The highest BCUT2D eigenvalue weighted by Gasteiger charge is 2.46. The molecule has 1 saturated heterocycles. The zero-order valence-electron chi connectivity index (χ0n) is 11.5. The number of benzene rings is 1. The smallest absolute Gasteiger partial charge is 0.290 e. The SMILES string of the molecule is Cl.OCC(F)(F)[C@H](c1c(F)cc(Cl)cc1F)N1CCNCC1. The van der Waals surface area contributed by atoms with Crippen molar-refractivity contribution in [2.75, 3.05) is 32.8 Å². The van der Waals surface area contributed by atoms with Crippen molar-refractivity contribution >= 4 is 24.0 Å². The molecule has 1 fully saturated rings. The van der Waals surface area contributed by atoms with Crippen LogP contribution in [0.2, 0.25) is 5.02 Å². The van der Waals surface area contributed by atoms with Gasteiger partial charge >= 0.3 is 0 Å². The molecule has 1 aromatic carbocycles. The lowest BCUT2D eigenvalue weighted by Crippen LogP contribution is -2.51. The molecule has 0 unspecified atom stereocenters. The molecule has 1 atom stereocenters. The van der Waals surface area contributed by atoms with Crippen molar-refractivity contribution in [1.29, 1.82) is 0 Å². The average Bonchev–Trinajstić information content (AvgIpc) is 2.43. The summed E-state index contributed by atoms with van der Waals surface area (Å²) in [4.78, 5) is 1.27. The molecule has 2 rings (SSSR count). The summed E-state index contributed by atoms with van der Waals surface area (Å²) in [6.07, 6.45) is 0. The molecule has 126 valence electrons. The van der Waals surface area contributed by atoms with Crippen molar-refractivity contribution in [3.63, 3.8) is 0 Å². The van der Waals surface area contributed by atoms with E-state index in [1.54, 1.807) is 0 Å². The molecular weight excluding hydrogens is 347 g/mol. The van der Waals surface area contributed by atoms with Gasteiger partial charge in [-0.15, -0.1) is 12.4 Å². The van der Waals surface area contributed by atoms with Gasteiger partial charge in [0.05, 0.1) is 0 Å². The first-order valence-electron chi connectivity index (χ1n) is 6.44. The van der Waals surface area contributed by atoms with E-state index < -0.39 is 35.8 Å². The zero-order chi connectivity index (χ0) is 15.6. The monoisotopic (exact) mass is 362 g/mol. The molecule has 0 aromatic heterocycles. The van der Waals surface area contributed by atoms with Crippen molar-refractivity contribution < 1.29 is 22.7 Å². The van der Waals surface area contributed by atoms with Crippen LogP contribution in [0.4, 0.5) is 17.6 Å². The van der Waals surface area contributed by atoms with Crippen LogP contribution in [0.15, 0.2) is 12.1 Å². The number of halogens is 6. The maximum Gasteiger partial charge on any atom is 0.290 e. The molecule has 1 aliphatic rings. The standard InChI is InChI=1S/C13H15ClF4N2O.ClH/c14-8-5-9(15)11(10(16)6-8)12(13(17,18)7-21)20-3-1-19-2-4-20;/h5-6,12,19,21H,1-4,7H2;1H/t12-;/m0./s1. The van der Waals surface area contributed by atoms with Gasteiger partial charge in [0.15, 0.2) is 0 Å². The van der Waals surface area contributed by atoms with Gasteiger partial charge in [-0.2, -0.15) is 0 Å². The molecule has 1 aromatic rings. The zero-order valence-corrected chi connectivity index (χ0v) is 13.0. The van der Waals surface area contributed by atoms with Crippen LogP contribution in [0.5, 0.6) is 0 Å². The third-order valence-electron chi connectivity index (χ3n) is 3.44. The Kier molecular flexibility index (Phi) is 6.88. The molecule has 0 spiro atoms. The predicted octanol–water partition coefficient (Wildman–Crippen LogP) is 2.61. The van der Waals surface area contributed by atoms with E-state index in [1.165, 1.54) is 4.90 Å². The molecule has 22 heavy (non-hydrogen) atoms. The molecule has 0 amide bonds. The minimum absolute atomic E-state index is 0. The van der Waals surface area contributed by atoms with E-state index in [1.807, 2.05) is 0 Å². The molecule has 9 heteroatoms. The van der Waals surface area contributed by atoms with E-state index in [9.17, 15) is 17.6 Å². The number of hydrogen-bond donors (Lipinski definition) is 2. The summed E-state index contributed by atoms with van der Waals surface area (Å²) < 4.78 is 56.1. The highest BCUT2D eigenvalue weighted by Crippen LogP contribution is 2.39. The van der Waals surface area contributed by atoms with Crippen molar-refractivity contribution in [3.05, 3.63) is 34.4 Å². The maximum absolute atomic E-state index is 14.1. The topological polar surface area (TPSA) is 35.5 Å². The van der Waals surface area contributed by atoms with E-state index in [0.717, 1.165) is 12.1 Å². The number of nitrogens with zero attached hydrogens (tertiary/aromatic N) is 1. The lowest BCUT2D eigenvalue weighted by Gasteiger charge is -2.38. The van der Waals surface area contributed by atoms with Crippen LogP contribution < -0.4 is 5.32 Å². The van der Waals surface area contributed by atoms with Gasteiger partial charge in [-0.1, -0.05) is 11.6 Å². The van der Waals surface area contributed by atoms with Crippen molar-refractivity contribution in [2.45, 2.75) is 12.0 Å². The third-order valence-corrected chi connectivity index (χ3v) is 3.66. The molecule has 1 heterocycles. The number of aliphatic hydroxyl groups is 1. The van der Waals surface area contributed by atoms with Crippen molar-refractivity contribution in [1.82, 2.24) is 10.2 Å². The summed E-state index contributed by atoms with van der Waals surface area (Å²) >= 11 is 5.52. The first-order chi connectivity index (χ1) is 9.86. The van der Waals surface area contributed by atoms with Gasteiger partial charge < -0.3 is 10.4 Å². The number of rotatable bonds is 4. The van der Waals surface area contributed by atoms with Gasteiger partial charge in [0.1, 0.15) is 24.3 Å². The van der Waals surface area contributed by atoms with Crippen molar-refractivity contribution in [3.8, 4) is 0 Å². The second kappa shape index (κ2) is 7.79. The number of piperazine rings is 1. The normalized spacial score (nSPS) is 17.9. The molecule has 0 bridgehead atoms. The van der Waals surface area contributed by atoms with Crippen LogP contribution in [0, 0.1) is 11.6 Å². The Morgan fingerprint density at radius 1 is 1.23 bits per heavy atom. The van der Waals surface area contributed by atoms with Crippen molar-refractivity contribution in [2.24, 2.45) is 0 Å². The van der Waals surface area contributed by atoms with Gasteiger partial charge in [-0.05, 0) is 12.1 Å². The number of hydrogen-bond acceptors (Lipinski definition) is 3. The van der Waals surface area contributed by atoms with Crippen LogP contribution >= 0.6 is 24.0 Å². The molecule has 3 nitrogen and oxygen atoms in total. The predicted molar refractivity (Wildman–Crippen MR) is 77.8 cm³/mol. The third kappa shape index (κ3) is 4.02. The Labute approximate surface area is 136 Å². The Bertz CT molecular complexity index is 490. The van der Waals surface area contributed by atoms with Crippen LogP contribution in [0.1, 0.15) is 11.6 Å². The van der Waals surface area contributed by atoms with E-state index in [4.69, 9.17) is 16.7 Å². The number of alkyl halides is 2. The average molecular weight is 363 g/mol. The van der Waals surface area contributed by atoms with E-state index in [-0.39, 0.29) is 30.5 Å². The highest BCUT2D eigenvalue weighted by molar-refractivity contribution is 6.30. The minimum Gasteiger partial charge on any atom is -0.390 e. The Balaban J connectivity index is 0.00000242. The van der Waals surface area contributed by atoms with Crippen LogP contribution in [0.3, 0.4) is 0 Å². The first kappa shape index (κ1) is 19.4. The fourth-order valence-corrected chi connectivity index (χ4v) is 2.69. The van der Waals surface area contributed by atoms with Gasteiger partial charge in [-0.25, -0.2) is 17.6 Å². The maximum atomic E-state index is 14.1. The van der Waals surface area contributed by atoms with Gasteiger partial charge in [-0.3, -0.25) is 4.90 Å². The molecule has 1 aliphatic heterocycles. The summed E-state index contributed by atoms with van der Waals surface area (Å²) in [5.74, 6) is -5.96. The molecule has 0 radical (unpaired) electrons. The van der Waals surface area contributed by atoms with Gasteiger partial charge in [0, 0.05) is 36.8 Å². The van der Waals surface area contributed by atoms with E-state index >= 15 is 0 Å². The molecule has 0 saturated carbocycles. The first-order valence-corrected chi connectivity index (χ1v) is 6.82. The van der Waals surface area contributed by atoms with Crippen LogP contribution in [-0.2, 0) is 0 Å². The lowest BCUT2D eigenvalue weighted by molar-refractivity contribution is -0.120. The molecular formula is C13H16Cl2F4N2O. The Hall–Kier alpha value is -0.600. The summed E-state index contributed by atoms with van der Waals surface area (Å²) in [5, 5.41) is 11.7. The number of nitrogens with one attached hydrogen (secondary N) is 1. The second-order valence-electron chi connectivity index (χ2n) is 4.89. The summed E-state index contributed by atoms with van der Waals surface area (Å²) in [6.45, 7) is -0.254. The minimum atomic E-state index is -3.67. The second-order valence-corrected chi connectivity index (χ2v) is 5.33. The fourth-order valence-electron chi connectivity index (χ4n) is 2.50. The summed E-state index contributed by atoms with van der Waals surface area (Å²) in [7, 11) is 0. The van der Waals surface area contributed by atoms with E-state index in [2.05, 4.69) is 5.32 Å². The van der Waals surface area contributed by atoms with Gasteiger partial charge in [0.25, 0.3) is 5.92 Å². The van der Waals surface area contributed by atoms with Crippen LogP contribution in [0.25, 0.3) is 0 Å². The summed E-state index contributed by atoms with van der Waals surface area (Å²) in [6, 6.07) is -0.285. The lowest BCUT2D eigenvalue weighted by atomic mass is 9.97. The highest BCUT2D eigenvalue weighted by atomic mass is 35.5. The Morgan fingerprint density at radius 2 is 1.73 bits per heavy atom. The Morgan fingerprint density at radius 3 is 2.18 bits per heavy atom. The summed E-state index contributed by atoms with van der Waals surface area (Å²) in [5.41, 5.74) is -0.764. The van der Waals surface area contributed by atoms with E-state index in [0.29, 0.717) is 13.1 Å². The van der Waals surface area contributed by atoms with Gasteiger partial charge in [0.2, 0.25) is 0 Å². The quantitative estimate of drug-likeness (QED) is 0.808.